The van der Waals surface area contributed by atoms with Crippen LogP contribution in [0.3, 0.4) is 0 Å². The lowest BCUT2D eigenvalue weighted by Gasteiger charge is -2.34. The molecule has 0 bridgehead atoms. The zero-order valence-corrected chi connectivity index (χ0v) is 12.0. The van der Waals surface area contributed by atoms with Crippen molar-refractivity contribution in [3.05, 3.63) is 28.5 Å². The molecule has 1 aromatic rings. The van der Waals surface area contributed by atoms with Gasteiger partial charge >= 0.3 is 5.97 Å². The van der Waals surface area contributed by atoms with Gasteiger partial charge in [-0.3, -0.25) is 9.78 Å². The lowest BCUT2D eigenvalue weighted by atomic mass is 9.81. The molecule has 0 saturated heterocycles. The van der Waals surface area contributed by atoms with Gasteiger partial charge in [-0.25, -0.2) is 4.79 Å². The number of rotatable bonds is 3. The van der Waals surface area contributed by atoms with E-state index in [1.165, 1.54) is 6.20 Å². The molecule has 5 nitrogen and oxygen atoms in total. The number of carboxylic acids is 1. The van der Waals surface area contributed by atoms with Crippen molar-refractivity contribution in [2.24, 2.45) is 0 Å². The number of pyridine rings is 1. The van der Waals surface area contributed by atoms with Crippen LogP contribution in [0.5, 0.6) is 0 Å². The van der Waals surface area contributed by atoms with E-state index in [1.807, 2.05) is 0 Å². The first-order valence-electron chi connectivity index (χ1n) is 6.63. The van der Waals surface area contributed by atoms with E-state index in [1.54, 1.807) is 13.0 Å². The van der Waals surface area contributed by atoms with Crippen molar-refractivity contribution in [1.29, 1.82) is 0 Å². The minimum Gasteiger partial charge on any atom is -0.480 e. The molecule has 1 aliphatic rings. The first-order valence-corrected chi connectivity index (χ1v) is 7.00. The first kappa shape index (κ1) is 14.8. The van der Waals surface area contributed by atoms with Crippen LogP contribution < -0.4 is 5.32 Å². The molecule has 2 N–H and O–H groups in total. The summed E-state index contributed by atoms with van der Waals surface area (Å²) in [6.45, 7) is 1.77. The van der Waals surface area contributed by atoms with Crippen LogP contribution in [0.15, 0.2) is 12.3 Å². The van der Waals surface area contributed by atoms with Crippen molar-refractivity contribution in [3.8, 4) is 0 Å². The summed E-state index contributed by atoms with van der Waals surface area (Å²) in [6.07, 6.45) is 4.87. The molecule has 0 spiro atoms. The third kappa shape index (κ3) is 2.93. The average molecular weight is 297 g/mol. The molecular weight excluding hydrogens is 280 g/mol. The molecule has 0 unspecified atom stereocenters. The number of nitrogens with one attached hydrogen (secondary N) is 1. The number of hydrogen-bond acceptors (Lipinski definition) is 3. The van der Waals surface area contributed by atoms with Gasteiger partial charge in [-0.1, -0.05) is 30.9 Å². The number of aryl methyl sites for hydroxylation is 1. The molecule has 0 atom stereocenters. The van der Waals surface area contributed by atoms with Crippen LogP contribution >= 0.6 is 11.6 Å². The molecule has 0 radical (unpaired) electrons. The van der Waals surface area contributed by atoms with E-state index in [9.17, 15) is 14.7 Å². The fourth-order valence-electron chi connectivity index (χ4n) is 2.53. The van der Waals surface area contributed by atoms with Crippen LogP contribution in [0.1, 0.15) is 48.2 Å². The highest BCUT2D eigenvalue weighted by Crippen LogP contribution is 2.29. The monoisotopic (exact) mass is 296 g/mol. The molecule has 1 amide bonds. The van der Waals surface area contributed by atoms with Crippen molar-refractivity contribution < 1.29 is 14.7 Å². The molecule has 20 heavy (non-hydrogen) atoms. The third-order valence-corrected chi connectivity index (χ3v) is 4.02. The highest BCUT2D eigenvalue weighted by atomic mass is 35.5. The van der Waals surface area contributed by atoms with Crippen LogP contribution in [0.2, 0.25) is 5.02 Å². The lowest BCUT2D eigenvalue weighted by Crippen LogP contribution is -2.55. The molecule has 1 aromatic heterocycles. The Morgan fingerprint density at radius 3 is 2.55 bits per heavy atom. The van der Waals surface area contributed by atoms with E-state index in [-0.39, 0.29) is 10.6 Å². The number of amides is 1. The smallest absolute Gasteiger partial charge is 0.329 e. The van der Waals surface area contributed by atoms with Crippen molar-refractivity contribution in [3.63, 3.8) is 0 Å². The zero-order chi connectivity index (χ0) is 14.8. The summed E-state index contributed by atoms with van der Waals surface area (Å²) in [6, 6.07) is 1.59. The predicted molar refractivity (Wildman–Crippen MR) is 74.9 cm³/mol. The number of aliphatic carboxylic acids is 1. The molecule has 0 aromatic carbocycles. The summed E-state index contributed by atoms with van der Waals surface area (Å²) in [5.74, 6) is -1.46. The van der Waals surface area contributed by atoms with Gasteiger partial charge in [0.1, 0.15) is 5.54 Å². The van der Waals surface area contributed by atoms with Gasteiger partial charge in [-0.2, -0.15) is 0 Å². The third-order valence-electron chi connectivity index (χ3n) is 3.70. The fourth-order valence-corrected chi connectivity index (χ4v) is 2.82. The van der Waals surface area contributed by atoms with Gasteiger partial charge in [-0.05, 0) is 25.8 Å². The van der Waals surface area contributed by atoms with Gasteiger partial charge in [-0.15, -0.1) is 0 Å². The Hall–Kier alpha value is -1.62. The Labute approximate surface area is 122 Å². The number of aromatic nitrogens is 1. The molecule has 0 aliphatic heterocycles. The van der Waals surface area contributed by atoms with Crippen LogP contribution in [-0.2, 0) is 4.79 Å². The average Bonchev–Trinajstić information content (AvgIpc) is 2.39. The second-order valence-electron chi connectivity index (χ2n) is 5.21. The van der Waals surface area contributed by atoms with E-state index in [0.29, 0.717) is 18.5 Å². The SMILES string of the molecule is Cc1cc(Cl)c(C(=O)NC2(C(=O)O)CCCCC2)cn1. The maximum atomic E-state index is 12.3. The Balaban J connectivity index is 2.22. The lowest BCUT2D eigenvalue weighted by molar-refractivity contribution is -0.145. The van der Waals surface area contributed by atoms with E-state index >= 15 is 0 Å². The molecule has 1 fully saturated rings. The number of carboxylic acid groups (broad SMARTS) is 1. The van der Waals surface area contributed by atoms with Crippen molar-refractivity contribution in [2.75, 3.05) is 0 Å². The van der Waals surface area contributed by atoms with Crippen molar-refractivity contribution in [1.82, 2.24) is 10.3 Å². The van der Waals surface area contributed by atoms with E-state index in [4.69, 9.17) is 11.6 Å². The zero-order valence-electron chi connectivity index (χ0n) is 11.3. The van der Waals surface area contributed by atoms with Gasteiger partial charge in [0.05, 0.1) is 10.6 Å². The van der Waals surface area contributed by atoms with E-state index in [2.05, 4.69) is 10.3 Å². The second kappa shape index (κ2) is 5.79. The highest BCUT2D eigenvalue weighted by Gasteiger charge is 2.41. The standard InChI is InChI=1S/C14H17ClN2O3/c1-9-7-11(15)10(8-16-9)12(18)17-14(13(19)20)5-3-2-4-6-14/h7-8H,2-6H2,1H3,(H,17,18)(H,19,20). The van der Waals surface area contributed by atoms with Crippen molar-refractivity contribution in [2.45, 2.75) is 44.6 Å². The maximum absolute atomic E-state index is 12.3. The van der Waals surface area contributed by atoms with Gasteiger partial charge in [0, 0.05) is 11.9 Å². The summed E-state index contributed by atoms with van der Waals surface area (Å²) < 4.78 is 0. The summed E-state index contributed by atoms with van der Waals surface area (Å²) in [7, 11) is 0. The second-order valence-corrected chi connectivity index (χ2v) is 5.61. The molecule has 1 heterocycles. The minimum absolute atomic E-state index is 0.212. The number of nitrogens with zero attached hydrogens (tertiary/aromatic N) is 1. The number of hydrogen-bond donors (Lipinski definition) is 2. The summed E-state index contributed by atoms with van der Waals surface area (Å²) in [4.78, 5) is 27.8. The Bertz CT molecular complexity index is 539. The van der Waals surface area contributed by atoms with Crippen LogP contribution in [0, 0.1) is 6.92 Å². The molecule has 108 valence electrons. The van der Waals surface area contributed by atoms with Gasteiger partial charge < -0.3 is 10.4 Å². The van der Waals surface area contributed by atoms with Crippen LogP contribution in [-0.4, -0.2) is 27.5 Å². The van der Waals surface area contributed by atoms with Crippen LogP contribution in [0.4, 0.5) is 0 Å². The van der Waals surface area contributed by atoms with Gasteiger partial charge in [0.2, 0.25) is 0 Å². The molecule has 2 rings (SSSR count). The normalized spacial score (nSPS) is 17.5. The first-order chi connectivity index (χ1) is 9.44. The fraction of sp³-hybridized carbons (Fsp3) is 0.500. The topological polar surface area (TPSA) is 79.3 Å². The van der Waals surface area contributed by atoms with Crippen LogP contribution in [0.25, 0.3) is 0 Å². The quantitative estimate of drug-likeness (QED) is 0.898. The Kier molecular flexibility index (Phi) is 4.28. The maximum Gasteiger partial charge on any atom is 0.329 e. The van der Waals surface area contributed by atoms with Gasteiger partial charge in [0.25, 0.3) is 5.91 Å². The highest BCUT2D eigenvalue weighted by molar-refractivity contribution is 6.33. The number of carbonyl (C=O) groups excluding carboxylic acids is 1. The summed E-state index contributed by atoms with van der Waals surface area (Å²) in [5, 5.41) is 12.4. The number of halogens is 1. The largest absolute Gasteiger partial charge is 0.480 e. The predicted octanol–water partition coefficient (Wildman–Crippen LogP) is 2.56. The molecule has 1 saturated carbocycles. The van der Waals surface area contributed by atoms with Crippen molar-refractivity contribution >= 4 is 23.5 Å². The summed E-state index contributed by atoms with van der Waals surface area (Å²) >= 11 is 6.02. The number of carbonyl (C=O) groups is 2. The molecule has 6 heteroatoms. The van der Waals surface area contributed by atoms with E-state index < -0.39 is 17.4 Å². The summed E-state index contributed by atoms with van der Waals surface area (Å²) in [5.41, 5.74) is -0.260. The van der Waals surface area contributed by atoms with E-state index in [0.717, 1.165) is 19.3 Å². The Morgan fingerprint density at radius 2 is 2.00 bits per heavy atom. The molecule has 1 aliphatic carbocycles. The Morgan fingerprint density at radius 1 is 1.35 bits per heavy atom. The van der Waals surface area contributed by atoms with Gasteiger partial charge in [0.15, 0.2) is 0 Å². The molecular formula is C14H17ClN2O3. The minimum atomic E-state index is -1.18.